The minimum atomic E-state index is 0.405. The quantitative estimate of drug-likeness (QED) is 0.759. The summed E-state index contributed by atoms with van der Waals surface area (Å²) >= 11 is 1.70. The molecular weight excluding hydrogens is 282 g/mol. The van der Waals surface area contributed by atoms with Gasteiger partial charge in [-0.05, 0) is 37.8 Å². The summed E-state index contributed by atoms with van der Waals surface area (Å²) in [6.45, 7) is 0. The molecule has 0 aliphatic heterocycles. The van der Waals surface area contributed by atoms with Crippen molar-refractivity contribution in [3.63, 3.8) is 0 Å². The van der Waals surface area contributed by atoms with Crippen LogP contribution in [-0.2, 0) is 12.8 Å². The van der Waals surface area contributed by atoms with Gasteiger partial charge in [-0.15, -0.1) is 11.3 Å². The Morgan fingerprint density at radius 3 is 2.57 bits per heavy atom. The van der Waals surface area contributed by atoms with Gasteiger partial charge in [0.1, 0.15) is 0 Å². The van der Waals surface area contributed by atoms with Crippen LogP contribution in [0.2, 0.25) is 0 Å². The van der Waals surface area contributed by atoms with Crippen LogP contribution in [0.5, 0.6) is 0 Å². The first kappa shape index (κ1) is 12.5. The van der Waals surface area contributed by atoms with E-state index in [1.807, 2.05) is 24.3 Å². The summed E-state index contributed by atoms with van der Waals surface area (Å²) in [4.78, 5) is 15.0. The van der Waals surface area contributed by atoms with E-state index in [1.54, 1.807) is 11.3 Å². The minimum Gasteiger partial charge on any atom is -0.381 e. The lowest BCUT2D eigenvalue weighted by atomic mass is 10.0. The number of nitrogens with one attached hydrogen (secondary N) is 1. The Bertz CT molecular complexity index is 787. The van der Waals surface area contributed by atoms with Gasteiger partial charge in [0.05, 0.1) is 16.7 Å². The zero-order valence-electron chi connectivity index (χ0n) is 11.5. The standard InChI is InChI=1S/C15H15N5S/c16-13-14(18-10-6-2-1-5-9(10)17-13)20-15-19-11-7-3-4-8-12(11)21-15/h1-2,5-6H,3-4,7-8H2,(H2,16,17)(H,18,19,20). The fourth-order valence-electron chi connectivity index (χ4n) is 2.61. The number of nitrogen functional groups attached to an aromatic ring is 1. The fraction of sp³-hybridized carbons (Fsp3) is 0.267. The Hall–Kier alpha value is -2.21. The van der Waals surface area contributed by atoms with Crippen LogP contribution in [0.1, 0.15) is 23.4 Å². The molecule has 3 aromatic rings. The molecule has 2 heterocycles. The number of nitrogens with zero attached hydrogens (tertiary/aromatic N) is 3. The number of fused-ring (bicyclic) bond motifs is 2. The molecule has 0 bridgehead atoms. The molecular formula is C15H15N5S. The molecule has 106 valence electrons. The molecule has 0 saturated carbocycles. The van der Waals surface area contributed by atoms with Crippen LogP contribution in [0.15, 0.2) is 24.3 Å². The van der Waals surface area contributed by atoms with Crippen LogP contribution in [0, 0.1) is 0 Å². The minimum absolute atomic E-state index is 0.405. The Morgan fingerprint density at radius 1 is 1.00 bits per heavy atom. The number of benzene rings is 1. The van der Waals surface area contributed by atoms with E-state index in [9.17, 15) is 0 Å². The van der Waals surface area contributed by atoms with Crippen molar-refractivity contribution in [2.24, 2.45) is 0 Å². The smallest absolute Gasteiger partial charge is 0.188 e. The van der Waals surface area contributed by atoms with Gasteiger partial charge in [-0.2, -0.15) is 0 Å². The first-order valence-electron chi connectivity index (χ1n) is 7.07. The molecule has 6 heteroatoms. The van der Waals surface area contributed by atoms with Crippen molar-refractivity contribution in [3.8, 4) is 0 Å². The lowest BCUT2D eigenvalue weighted by Crippen LogP contribution is -2.02. The molecule has 1 aromatic carbocycles. The third kappa shape index (κ3) is 2.31. The first-order valence-corrected chi connectivity index (χ1v) is 7.89. The summed E-state index contributed by atoms with van der Waals surface area (Å²) in [6, 6.07) is 7.71. The number of thiazole rings is 1. The van der Waals surface area contributed by atoms with Crippen molar-refractivity contribution in [1.82, 2.24) is 15.0 Å². The number of hydrogen-bond donors (Lipinski definition) is 2. The van der Waals surface area contributed by atoms with E-state index in [4.69, 9.17) is 5.73 Å². The largest absolute Gasteiger partial charge is 0.381 e. The Labute approximate surface area is 126 Å². The third-order valence-electron chi connectivity index (χ3n) is 3.67. The van der Waals surface area contributed by atoms with E-state index in [-0.39, 0.29) is 0 Å². The second-order valence-corrected chi connectivity index (χ2v) is 6.25. The second kappa shape index (κ2) is 4.96. The number of anilines is 3. The maximum atomic E-state index is 6.00. The molecule has 1 aliphatic rings. The van der Waals surface area contributed by atoms with Gasteiger partial charge in [0.2, 0.25) is 0 Å². The number of rotatable bonds is 2. The molecule has 0 saturated heterocycles. The molecule has 1 aliphatic carbocycles. The normalized spacial score (nSPS) is 14.1. The first-order chi connectivity index (χ1) is 10.3. The molecule has 0 amide bonds. The highest BCUT2D eigenvalue weighted by atomic mass is 32.1. The van der Waals surface area contributed by atoms with Gasteiger partial charge in [-0.1, -0.05) is 12.1 Å². The fourth-order valence-corrected chi connectivity index (χ4v) is 3.66. The van der Waals surface area contributed by atoms with Crippen LogP contribution >= 0.6 is 11.3 Å². The van der Waals surface area contributed by atoms with Gasteiger partial charge in [0, 0.05) is 4.88 Å². The average molecular weight is 297 g/mol. The average Bonchev–Trinajstić information content (AvgIpc) is 2.90. The van der Waals surface area contributed by atoms with Crippen LogP contribution < -0.4 is 11.1 Å². The number of hydrogen-bond acceptors (Lipinski definition) is 6. The summed E-state index contributed by atoms with van der Waals surface area (Å²) in [6.07, 6.45) is 4.70. The van der Waals surface area contributed by atoms with Gasteiger partial charge >= 0.3 is 0 Å². The summed E-state index contributed by atoms with van der Waals surface area (Å²) in [5, 5.41) is 4.09. The van der Waals surface area contributed by atoms with Crippen molar-refractivity contribution in [1.29, 1.82) is 0 Å². The van der Waals surface area contributed by atoms with Crippen molar-refractivity contribution in [2.75, 3.05) is 11.1 Å². The molecule has 0 atom stereocenters. The van der Waals surface area contributed by atoms with Crippen LogP contribution in [0.4, 0.5) is 16.8 Å². The van der Waals surface area contributed by atoms with E-state index < -0.39 is 0 Å². The van der Waals surface area contributed by atoms with E-state index in [0.717, 1.165) is 29.0 Å². The maximum Gasteiger partial charge on any atom is 0.188 e. The van der Waals surface area contributed by atoms with Gasteiger partial charge in [-0.3, -0.25) is 0 Å². The molecule has 0 radical (unpaired) electrons. The van der Waals surface area contributed by atoms with Gasteiger partial charge < -0.3 is 11.1 Å². The molecule has 0 unspecified atom stereocenters. The predicted molar refractivity (Wildman–Crippen MR) is 86.0 cm³/mol. The van der Waals surface area contributed by atoms with E-state index in [2.05, 4.69) is 20.3 Å². The van der Waals surface area contributed by atoms with Crippen molar-refractivity contribution in [2.45, 2.75) is 25.7 Å². The molecule has 3 N–H and O–H groups in total. The SMILES string of the molecule is Nc1nc2ccccc2nc1Nc1nc2c(s1)CCCC2. The topological polar surface area (TPSA) is 76.7 Å². The predicted octanol–water partition coefficient (Wildman–Crippen LogP) is 3.29. The molecule has 0 spiro atoms. The highest BCUT2D eigenvalue weighted by Gasteiger charge is 2.16. The monoisotopic (exact) mass is 297 g/mol. The number of aromatic nitrogens is 3. The van der Waals surface area contributed by atoms with Crippen molar-refractivity contribution >= 4 is 39.1 Å². The molecule has 2 aromatic heterocycles. The van der Waals surface area contributed by atoms with Crippen molar-refractivity contribution in [3.05, 3.63) is 34.8 Å². The lowest BCUT2D eigenvalue weighted by Gasteiger charge is -2.06. The van der Waals surface area contributed by atoms with Crippen LogP contribution in [0.3, 0.4) is 0 Å². The summed E-state index contributed by atoms with van der Waals surface area (Å²) in [5.41, 5.74) is 8.85. The highest BCUT2D eigenvalue weighted by Crippen LogP contribution is 2.32. The van der Waals surface area contributed by atoms with Gasteiger partial charge in [0.15, 0.2) is 16.8 Å². The Balaban J connectivity index is 1.70. The highest BCUT2D eigenvalue weighted by molar-refractivity contribution is 7.15. The third-order valence-corrected chi connectivity index (χ3v) is 4.74. The Kier molecular flexibility index (Phi) is 2.96. The molecule has 0 fully saturated rings. The lowest BCUT2D eigenvalue weighted by molar-refractivity contribution is 0.683. The van der Waals surface area contributed by atoms with Crippen LogP contribution in [0.25, 0.3) is 11.0 Å². The zero-order chi connectivity index (χ0) is 14.2. The summed E-state index contributed by atoms with van der Waals surface area (Å²) in [7, 11) is 0. The van der Waals surface area contributed by atoms with Gasteiger partial charge in [0.25, 0.3) is 0 Å². The summed E-state index contributed by atoms with van der Waals surface area (Å²) < 4.78 is 0. The molecule has 21 heavy (non-hydrogen) atoms. The maximum absolute atomic E-state index is 6.00. The van der Waals surface area contributed by atoms with E-state index in [0.29, 0.717) is 11.6 Å². The van der Waals surface area contributed by atoms with E-state index in [1.165, 1.54) is 23.4 Å². The van der Waals surface area contributed by atoms with E-state index >= 15 is 0 Å². The zero-order valence-corrected chi connectivity index (χ0v) is 12.3. The summed E-state index contributed by atoms with van der Waals surface area (Å²) in [5.74, 6) is 0.988. The van der Waals surface area contributed by atoms with Crippen LogP contribution in [-0.4, -0.2) is 15.0 Å². The van der Waals surface area contributed by atoms with Gasteiger partial charge in [-0.25, -0.2) is 15.0 Å². The number of para-hydroxylation sites is 2. The molecule has 5 nitrogen and oxygen atoms in total. The number of aryl methyl sites for hydroxylation is 2. The second-order valence-electron chi connectivity index (χ2n) is 5.17. The molecule has 4 rings (SSSR count). The Morgan fingerprint density at radius 2 is 1.76 bits per heavy atom. The number of nitrogens with two attached hydrogens (primary N) is 1. The van der Waals surface area contributed by atoms with Crippen molar-refractivity contribution < 1.29 is 0 Å².